The summed E-state index contributed by atoms with van der Waals surface area (Å²) in [5.74, 6) is 1.26. The molecule has 3 aromatic carbocycles. The standard InChI is InChI=1S/C29H33N3O2/c1-34-25-13-12-23(29(30)33)18-24(25)19-31-27-22-14-16-32(17-15-22)28(27)26(20-8-4-2-5-9-20)21-10-6-3-7-11-21/h2-13,18,22,26-28,31H,14-17,19H2,1H3,(H2,30,33). The van der Waals surface area contributed by atoms with Crippen molar-refractivity contribution in [1.29, 1.82) is 0 Å². The first-order valence-corrected chi connectivity index (χ1v) is 12.2. The number of piperidine rings is 3. The van der Waals surface area contributed by atoms with Crippen molar-refractivity contribution in [3.8, 4) is 5.75 Å². The summed E-state index contributed by atoms with van der Waals surface area (Å²) in [4.78, 5) is 14.5. The molecule has 0 radical (unpaired) electrons. The van der Waals surface area contributed by atoms with Crippen LogP contribution in [0.5, 0.6) is 5.75 Å². The van der Waals surface area contributed by atoms with E-state index in [0.29, 0.717) is 30.1 Å². The Bertz CT molecular complexity index is 1070. The fourth-order valence-electron chi connectivity index (χ4n) is 5.99. The van der Waals surface area contributed by atoms with Crippen LogP contribution in [0.2, 0.25) is 0 Å². The molecule has 0 saturated carbocycles. The molecule has 0 aromatic heterocycles. The molecular weight excluding hydrogens is 422 g/mol. The zero-order chi connectivity index (χ0) is 23.5. The van der Waals surface area contributed by atoms with Crippen molar-refractivity contribution in [3.63, 3.8) is 0 Å². The molecule has 3 fully saturated rings. The molecule has 2 atom stereocenters. The SMILES string of the molecule is COc1ccc(C(N)=O)cc1CNC1C2CCN(CC2)C1C(c1ccccc1)c1ccccc1. The van der Waals surface area contributed by atoms with Crippen LogP contribution in [0.1, 0.15) is 45.8 Å². The number of nitrogens with one attached hydrogen (secondary N) is 1. The summed E-state index contributed by atoms with van der Waals surface area (Å²) >= 11 is 0. The quantitative estimate of drug-likeness (QED) is 0.535. The lowest BCUT2D eigenvalue weighted by Gasteiger charge is -2.54. The second-order valence-electron chi connectivity index (χ2n) is 9.46. The molecule has 2 unspecified atom stereocenters. The fourth-order valence-corrected chi connectivity index (χ4v) is 5.99. The van der Waals surface area contributed by atoms with Crippen molar-refractivity contribution in [3.05, 3.63) is 101 Å². The first-order valence-electron chi connectivity index (χ1n) is 12.2. The minimum absolute atomic E-state index is 0.279. The number of hydrogen-bond acceptors (Lipinski definition) is 4. The molecule has 3 aromatic rings. The molecule has 0 aliphatic carbocycles. The predicted octanol–water partition coefficient (Wildman–Crippen LogP) is 4.18. The maximum atomic E-state index is 11.8. The predicted molar refractivity (Wildman–Crippen MR) is 135 cm³/mol. The molecule has 6 rings (SSSR count). The normalized spacial score (nSPS) is 23.7. The minimum Gasteiger partial charge on any atom is -0.496 e. The van der Waals surface area contributed by atoms with Crippen LogP contribution in [0, 0.1) is 5.92 Å². The minimum atomic E-state index is -0.419. The molecule has 34 heavy (non-hydrogen) atoms. The Morgan fingerprint density at radius 1 is 1.00 bits per heavy atom. The van der Waals surface area contributed by atoms with Gasteiger partial charge in [0.1, 0.15) is 5.75 Å². The average molecular weight is 456 g/mol. The van der Waals surface area contributed by atoms with Gasteiger partial charge in [-0.2, -0.15) is 0 Å². The van der Waals surface area contributed by atoms with Crippen molar-refractivity contribution < 1.29 is 9.53 Å². The van der Waals surface area contributed by atoms with Crippen molar-refractivity contribution in [2.24, 2.45) is 11.7 Å². The maximum Gasteiger partial charge on any atom is 0.248 e. The van der Waals surface area contributed by atoms with Crippen LogP contribution >= 0.6 is 0 Å². The van der Waals surface area contributed by atoms with E-state index in [1.807, 2.05) is 12.1 Å². The highest BCUT2D eigenvalue weighted by Crippen LogP contribution is 2.42. The van der Waals surface area contributed by atoms with Crippen molar-refractivity contribution >= 4 is 5.91 Å². The molecule has 3 aliphatic heterocycles. The Balaban J connectivity index is 1.49. The van der Waals surface area contributed by atoms with Gasteiger partial charge in [-0.25, -0.2) is 0 Å². The van der Waals surface area contributed by atoms with Crippen LogP contribution in [0.3, 0.4) is 0 Å². The van der Waals surface area contributed by atoms with Gasteiger partial charge in [-0.1, -0.05) is 60.7 Å². The van der Waals surface area contributed by atoms with Gasteiger partial charge in [-0.3, -0.25) is 9.69 Å². The molecule has 2 bridgehead atoms. The van der Waals surface area contributed by atoms with E-state index < -0.39 is 5.91 Å². The van der Waals surface area contributed by atoms with Crippen molar-refractivity contribution in [2.75, 3.05) is 20.2 Å². The highest BCUT2D eigenvalue weighted by molar-refractivity contribution is 5.93. The Hall–Kier alpha value is -3.15. The number of carbonyl (C=O) groups excluding carboxylic acids is 1. The number of carbonyl (C=O) groups is 1. The molecular formula is C29H33N3O2. The smallest absolute Gasteiger partial charge is 0.248 e. The van der Waals surface area contributed by atoms with Crippen LogP contribution in [0.4, 0.5) is 0 Å². The summed E-state index contributed by atoms with van der Waals surface area (Å²) in [5.41, 5.74) is 9.72. The summed E-state index contributed by atoms with van der Waals surface area (Å²) in [5, 5.41) is 3.91. The lowest BCUT2D eigenvalue weighted by Crippen LogP contribution is -2.64. The lowest BCUT2D eigenvalue weighted by atomic mass is 9.70. The van der Waals surface area contributed by atoms with Crippen LogP contribution < -0.4 is 15.8 Å². The van der Waals surface area contributed by atoms with E-state index in [-0.39, 0.29) is 5.92 Å². The summed E-state index contributed by atoms with van der Waals surface area (Å²) in [6, 6.07) is 27.9. The van der Waals surface area contributed by atoms with Gasteiger partial charge in [-0.15, -0.1) is 0 Å². The third kappa shape index (κ3) is 4.46. The first-order chi connectivity index (χ1) is 16.7. The molecule has 176 valence electrons. The maximum absolute atomic E-state index is 11.8. The Labute approximate surface area is 201 Å². The monoisotopic (exact) mass is 455 g/mol. The number of fused-ring (bicyclic) bond motifs is 3. The van der Waals surface area contributed by atoms with Crippen LogP contribution in [-0.2, 0) is 6.54 Å². The lowest BCUT2D eigenvalue weighted by molar-refractivity contribution is 0.00462. The summed E-state index contributed by atoms with van der Waals surface area (Å²) in [7, 11) is 1.67. The molecule has 5 nitrogen and oxygen atoms in total. The number of methoxy groups -OCH3 is 1. The van der Waals surface area contributed by atoms with Gasteiger partial charge in [0.15, 0.2) is 0 Å². The fraction of sp³-hybridized carbons (Fsp3) is 0.345. The van der Waals surface area contributed by atoms with E-state index in [0.717, 1.165) is 24.4 Å². The number of hydrogen-bond donors (Lipinski definition) is 2. The third-order valence-electron chi connectivity index (χ3n) is 7.62. The summed E-state index contributed by atoms with van der Waals surface area (Å²) in [6.45, 7) is 2.92. The third-order valence-corrected chi connectivity index (χ3v) is 7.62. The number of benzene rings is 3. The van der Waals surface area contributed by atoms with Crippen LogP contribution in [0.25, 0.3) is 0 Å². The van der Waals surface area contributed by atoms with Gasteiger partial charge in [0.25, 0.3) is 0 Å². The van der Waals surface area contributed by atoms with Gasteiger partial charge < -0.3 is 15.8 Å². The molecule has 3 N–H and O–H groups in total. The van der Waals surface area contributed by atoms with Crippen molar-refractivity contribution in [1.82, 2.24) is 10.2 Å². The highest BCUT2D eigenvalue weighted by atomic mass is 16.5. The van der Waals surface area contributed by atoms with E-state index >= 15 is 0 Å². The van der Waals surface area contributed by atoms with E-state index in [4.69, 9.17) is 10.5 Å². The number of amides is 1. The van der Waals surface area contributed by atoms with E-state index in [1.165, 1.54) is 24.0 Å². The van der Waals surface area contributed by atoms with Crippen LogP contribution in [-0.4, -0.2) is 43.1 Å². The highest BCUT2D eigenvalue weighted by Gasteiger charge is 2.46. The van der Waals surface area contributed by atoms with Gasteiger partial charge >= 0.3 is 0 Å². The molecule has 0 spiro atoms. The molecule has 3 saturated heterocycles. The summed E-state index contributed by atoms with van der Waals surface area (Å²) < 4.78 is 5.59. The van der Waals surface area contributed by atoms with Gasteiger partial charge in [0, 0.05) is 35.7 Å². The zero-order valence-electron chi connectivity index (χ0n) is 19.7. The largest absolute Gasteiger partial charge is 0.496 e. The molecule has 1 amide bonds. The topological polar surface area (TPSA) is 67.6 Å². The second-order valence-corrected chi connectivity index (χ2v) is 9.46. The number of ether oxygens (including phenoxy) is 1. The molecule has 5 heteroatoms. The average Bonchev–Trinajstić information content (AvgIpc) is 2.89. The van der Waals surface area contributed by atoms with Gasteiger partial charge in [0.2, 0.25) is 5.91 Å². The van der Waals surface area contributed by atoms with E-state index in [2.05, 4.69) is 70.9 Å². The molecule has 3 aliphatic rings. The summed E-state index contributed by atoms with van der Waals surface area (Å²) in [6.07, 6.45) is 2.42. The van der Waals surface area contributed by atoms with E-state index in [9.17, 15) is 4.79 Å². The zero-order valence-corrected chi connectivity index (χ0v) is 19.7. The van der Waals surface area contributed by atoms with Crippen LogP contribution in [0.15, 0.2) is 78.9 Å². The Kier molecular flexibility index (Phi) is 6.66. The Morgan fingerprint density at radius 3 is 2.18 bits per heavy atom. The number of nitrogens with two attached hydrogens (primary N) is 1. The first kappa shape index (κ1) is 22.6. The van der Waals surface area contributed by atoms with Crippen molar-refractivity contribution in [2.45, 2.75) is 37.4 Å². The van der Waals surface area contributed by atoms with Gasteiger partial charge in [0.05, 0.1) is 7.11 Å². The number of nitrogens with zero attached hydrogens (tertiary/aromatic N) is 1. The second kappa shape index (κ2) is 10.00. The Morgan fingerprint density at radius 2 is 1.62 bits per heavy atom. The number of rotatable bonds is 8. The molecule has 3 heterocycles. The van der Waals surface area contributed by atoms with Gasteiger partial charge in [-0.05, 0) is 61.2 Å². The number of primary amides is 1. The van der Waals surface area contributed by atoms with E-state index in [1.54, 1.807) is 13.2 Å².